The lowest BCUT2D eigenvalue weighted by molar-refractivity contribution is -0.119. The third-order valence-electron chi connectivity index (χ3n) is 2.94. The van der Waals surface area contributed by atoms with Gasteiger partial charge in [-0.15, -0.1) is 0 Å². The van der Waals surface area contributed by atoms with Crippen molar-refractivity contribution >= 4 is 17.4 Å². The van der Waals surface area contributed by atoms with E-state index in [0.29, 0.717) is 24.3 Å². The summed E-state index contributed by atoms with van der Waals surface area (Å²) in [6.45, 7) is 2.90. The normalized spacial score (nSPS) is 16.1. The number of anilines is 1. The van der Waals surface area contributed by atoms with Crippen LogP contribution in [0.15, 0.2) is 18.2 Å². The second kappa shape index (κ2) is 5.16. The number of benzene rings is 1. The highest BCUT2D eigenvalue weighted by Gasteiger charge is 2.19. The van der Waals surface area contributed by atoms with Gasteiger partial charge in [-0.3, -0.25) is 9.59 Å². The van der Waals surface area contributed by atoms with E-state index in [-0.39, 0.29) is 18.2 Å². The zero-order chi connectivity index (χ0) is 13.1. The molecular weight excluding hydrogens is 235 g/mol. The van der Waals surface area contributed by atoms with Gasteiger partial charge in [-0.1, -0.05) is 0 Å². The van der Waals surface area contributed by atoms with Gasteiger partial charge >= 0.3 is 0 Å². The van der Waals surface area contributed by atoms with Crippen molar-refractivity contribution in [2.24, 2.45) is 0 Å². The minimum absolute atomic E-state index is 0.0775. The van der Waals surface area contributed by atoms with Gasteiger partial charge in [-0.05, 0) is 31.5 Å². The summed E-state index contributed by atoms with van der Waals surface area (Å²) >= 11 is 0. The second-order valence-electron chi connectivity index (χ2n) is 4.34. The molecular formula is C13H15FN2O2. The van der Waals surface area contributed by atoms with Gasteiger partial charge in [0.25, 0.3) is 0 Å². The molecule has 0 atom stereocenters. The van der Waals surface area contributed by atoms with E-state index in [2.05, 4.69) is 5.32 Å². The zero-order valence-electron chi connectivity index (χ0n) is 10.2. The summed E-state index contributed by atoms with van der Waals surface area (Å²) < 4.78 is 13.2. The number of ketones is 1. The third-order valence-corrected chi connectivity index (χ3v) is 2.94. The lowest BCUT2D eigenvalue weighted by atomic mass is 10.1. The lowest BCUT2D eigenvalue weighted by Gasteiger charge is -2.23. The average molecular weight is 250 g/mol. The van der Waals surface area contributed by atoms with Gasteiger partial charge in [-0.25, -0.2) is 4.39 Å². The Morgan fingerprint density at radius 3 is 2.94 bits per heavy atom. The molecule has 1 aliphatic heterocycles. The maximum absolute atomic E-state index is 13.2. The Bertz CT molecular complexity index is 488. The summed E-state index contributed by atoms with van der Waals surface area (Å²) in [7, 11) is 0. The first-order valence-electron chi connectivity index (χ1n) is 5.90. The smallest absolute Gasteiger partial charge is 0.239 e. The Kier molecular flexibility index (Phi) is 3.60. The van der Waals surface area contributed by atoms with Gasteiger partial charge in [0.05, 0.1) is 6.54 Å². The highest BCUT2D eigenvalue weighted by Crippen LogP contribution is 2.23. The number of hydrogen-bond donors (Lipinski definition) is 1. The molecule has 1 aromatic carbocycles. The molecule has 4 nitrogen and oxygen atoms in total. The number of halogens is 1. The highest BCUT2D eigenvalue weighted by atomic mass is 19.1. The lowest BCUT2D eigenvalue weighted by Crippen LogP contribution is -2.33. The van der Waals surface area contributed by atoms with Gasteiger partial charge in [0, 0.05) is 24.3 Å². The van der Waals surface area contributed by atoms with Gasteiger partial charge in [-0.2, -0.15) is 0 Å². The van der Waals surface area contributed by atoms with Crippen LogP contribution in [0, 0.1) is 5.82 Å². The van der Waals surface area contributed by atoms with E-state index in [4.69, 9.17) is 0 Å². The molecule has 0 spiro atoms. The van der Waals surface area contributed by atoms with E-state index >= 15 is 0 Å². The molecule has 1 fully saturated rings. The minimum atomic E-state index is -0.441. The molecule has 18 heavy (non-hydrogen) atoms. The maximum atomic E-state index is 13.2. The summed E-state index contributed by atoms with van der Waals surface area (Å²) in [4.78, 5) is 24.9. The predicted molar refractivity (Wildman–Crippen MR) is 66.2 cm³/mol. The van der Waals surface area contributed by atoms with Gasteiger partial charge in [0.2, 0.25) is 5.91 Å². The Morgan fingerprint density at radius 1 is 1.44 bits per heavy atom. The van der Waals surface area contributed by atoms with E-state index in [1.165, 1.54) is 19.1 Å². The van der Waals surface area contributed by atoms with Crippen LogP contribution in [0.5, 0.6) is 0 Å². The van der Waals surface area contributed by atoms with Crippen molar-refractivity contribution in [3.05, 3.63) is 29.6 Å². The van der Waals surface area contributed by atoms with Crippen molar-refractivity contribution in [2.45, 2.75) is 13.3 Å². The standard InChI is InChI=1S/C13H15FN2O2/c1-9(17)11-7-10(14)3-4-12(11)16-6-2-5-15-13(18)8-16/h3-4,7H,2,5-6,8H2,1H3,(H,15,18). The van der Waals surface area contributed by atoms with Crippen LogP contribution in [0.2, 0.25) is 0 Å². The van der Waals surface area contributed by atoms with Crippen LogP contribution in [-0.4, -0.2) is 31.3 Å². The van der Waals surface area contributed by atoms with Crippen LogP contribution < -0.4 is 10.2 Å². The minimum Gasteiger partial charge on any atom is -0.362 e. The Morgan fingerprint density at radius 2 is 2.22 bits per heavy atom. The third kappa shape index (κ3) is 2.67. The van der Waals surface area contributed by atoms with E-state index in [9.17, 15) is 14.0 Å². The molecule has 1 N–H and O–H groups in total. The van der Waals surface area contributed by atoms with Crippen molar-refractivity contribution < 1.29 is 14.0 Å². The first-order chi connectivity index (χ1) is 8.58. The average Bonchev–Trinajstić information content (AvgIpc) is 2.53. The number of hydrogen-bond acceptors (Lipinski definition) is 3. The van der Waals surface area contributed by atoms with E-state index in [1.807, 2.05) is 4.90 Å². The van der Waals surface area contributed by atoms with Crippen LogP contribution in [0.1, 0.15) is 23.7 Å². The quantitative estimate of drug-likeness (QED) is 0.806. The molecule has 1 heterocycles. The van der Waals surface area contributed by atoms with Crippen molar-refractivity contribution in [1.29, 1.82) is 0 Å². The van der Waals surface area contributed by atoms with Crippen molar-refractivity contribution in [3.63, 3.8) is 0 Å². The number of nitrogens with zero attached hydrogens (tertiary/aromatic N) is 1. The summed E-state index contributed by atoms with van der Waals surface area (Å²) in [5.41, 5.74) is 0.950. The zero-order valence-corrected chi connectivity index (χ0v) is 10.2. The first kappa shape index (κ1) is 12.5. The largest absolute Gasteiger partial charge is 0.362 e. The SMILES string of the molecule is CC(=O)c1cc(F)ccc1N1CCCNC(=O)C1. The number of carbonyl (C=O) groups excluding carboxylic acids is 2. The summed E-state index contributed by atoms with van der Waals surface area (Å²) in [5.74, 6) is -0.719. The Balaban J connectivity index is 2.36. The molecule has 0 aromatic heterocycles. The van der Waals surface area contributed by atoms with Crippen molar-refractivity contribution in [3.8, 4) is 0 Å². The van der Waals surface area contributed by atoms with Gasteiger partial charge in [0.1, 0.15) is 5.82 Å². The molecule has 96 valence electrons. The number of Topliss-reactive ketones (excluding diaryl/α,β-unsaturated/α-hetero) is 1. The van der Waals surface area contributed by atoms with E-state index < -0.39 is 5.82 Å². The Labute approximate surface area is 105 Å². The molecule has 1 saturated heterocycles. The first-order valence-corrected chi connectivity index (χ1v) is 5.90. The van der Waals surface area contributed by atoms with Crippen molar-refractivity contribution in [1.82, 2.24) is 5.32 Å². The van der Waals surface area contributed by atoms with Crippen LogP contribution in [0.3, 0.4) is 0 Å². The number of nitrogens with one attached hydrogen (secondary N) is 1. The maximum Gasteiger partial charge on any atom is 0.239 e. The number of carbonyl (C=O) groups is 2. The van der Waals surface area contributed by atoms with E-state index in [0.717, 1.165) is 6.42 Å². The fourth-order valence-corrected chi connectivity index (χ4v) is 2.08. The van der Waals surface area contributed by atoms with Crippen molar-refractivity contribution in [2.75, 3.05) is 24.5 Å². The molecule has 1 aliphatic rings. The molecule has 5 heteroatoms. The topological polar surface area (TPSA) is 49.4 Å². The Hall–Kier alpha value is -1.91. The number of amides is 1. The molecule has 0 aliphatic carbocycles. The highest BCUT2D eigenvalue weighted by molar-refractivity contribution is 6.00. The summed E-state index contributed by atoms with van der Waals surface area (Å²) in [6.07, 6.45) is 0.806. The van der Waals surface area contributed by atoms with Crippen LogP contribution in [0.25, 0.3) is 0 Å². The fraction of sp³-hybridized carbons (Fsp3) is 0.385. The second-order valence-corrected chi connectivity index (χ2v) is 4.34. The predicted octanol–water partition coefficient (Wildman–Crippen LogP) is 1.35. The molecule has 2 rings (SSSR count). The fourth-order valence-electron chi connectivity index (χ4n) is 2.08. The van der Waals surface area contributed by atoms with Gasteiger partial charge in [0.15, 0.2) is 5.78 Å². The summed E-state index contributed by atoms with van der Waals surface area (Å²) in [6, 6.07) is 4.09. The van der Waals surface area contributed by atoms with Crippen LogP contribution in [0.4, 0.5) is 10.1 Å². The molecule has 0 saturated carbocycles. The summed E-state index contributed by atoms with van der Waals surface area (Å²) in [5, 5.41) is 2.76. The molecule has 0 bridgehead atoms. The molecule has 0 radical (unpaired) electrons. The monoisotopic (exact) mass is 250 g/mol. The van der Waals surface area contributed by atoms with E-state index in [1.54, 1.807) is 6.07 Å². The molecule has 1 aromatic rings. The molecule has 0 unspecified atom stereocenters. The number of rotatable bonds is 2. The van der Waals surface area contributed by atoms with Crippen LogP contribution in [-0.2, 0) is 4.79 Å². The van der Waals surface area contributed by atoms with Crippen LogP contribution >= 0.6 is 0 Å². The molecule has 1 amide bonds. The van der Waals surface area contributed by atoms with Gasteiger partial charge < -0.3 is 10.2 Å².